The molecule has 0 bridgehead atoms. The van der Waals surface area contributed by atoms with Crippen molar-refractivity contribution in [3.63, 3.8) is 0 Å². The molecule has 0 saturated carbocycles. The Labute approximate surface area is 300 Å². The normalized spacial score (nSPS) is 17.7. The zero-order chi connectivity index (χ0) is 36.8. The minimum Gasteiger partial charge on any atom is -0.444 e. The molecule has 1 atom stereocenters. The molecule has 0 aromatic heterocycles. The van der Waals surface area contributed by atoms with E-state index in [0.29, 0.717) is 37.3 Å². The molecule has 2 aromatic carbocycles. The van der Waals surface area contributed by atoms with E-state index in [2.05, 4.69) is 18.3 Å². The van der Waals surface area contributed by atoms with E-state index in [1.165, 1.54) is 22.6 Å². The average molecular weight is 721 g/mol. The van der Waals surface area contributed by atoms with Gasteiger partial charge in [0.05, 0.1) is 38.4 Å². The lowest BCUT2D eigenvalue weighted by atomic mass is 9.91. The van der Waals surface area contributed by atoms with Crippen molar-refractivity contribution in [2.75, 3.05) is 32.8 Å². The number of carbonyl (C=O) groups excluding carboxylic acids is 3. The minimum absolute atomic E-state index is 0.0841. The summed E-state index contributed by atoms with van der Waals surface area (Å²) in [5.74, 6) is 0.0841. The molecule has 3 aliphatic heterocycles. The molecule has 3 fully saturated rings. The summed E-state index contributed by atoms with van der Waals surface area (Å²) < 4.78 is 15.5. The van der Waals surface area contributed by atoms with Gasteiger partial charge in [-0.25, -0.2) is 9.59 Å². The van der Waals surface area contributed by atoms with E-state index >= 15 is 0 Å². The fraction of sp³-hybridized carbons (Fsp3) is 0.556. The Morgan fingerprint density at radius 3 is 1.73 bits per heavy atom. The van der Waals surface area contributed by atoms with Crippen molar-refractivity contribution < 1.29 is 28.6 Å². The number of carbonyl (C=O) groups is 3. The van der Waals surface area contributed by atoms with Crippen molar-refractivity contribution >= 4 is 41.2 Å². The summed E-state index contributed by atoms with van der Waals surface area (Å²) in [6.07, 6.45) is 2.29. The molecule has 3 N–H and O–H groups in total. The van der Waals surface area contributed by atoms with E-state index < -0.39 is 22.8 Å². The number of hydrogen-bond acceptors (Lipinski definition) is 9. The van der Waals surface area contributed by atoms with Gasteiger partial charge in [-0.05, 0) is 96.7 Å². The third-order valence-corrected chi connectivity index (χ3v) is 7.53. The number of amides is 2. The molecule has 3 heterocycles. The van der Waals surface area contributed by atoms with E-state index in [4.69, 9.17) is 43.1 Å². The first kappa shape index (κ1) is 41.8. The van der Waals surface area contributed by atoms with Crippen molar-refractivity contribution in [1.82, 2.24) is 15.1 Å². The quantitative estimate of drug-likeness (QED) is 0.351. The topological polar surface area (TPSA) is 147 Å². The zero-order valence-corrected chi connectivity index (χ0v) is 31.2. The number of ketones is 1. The van der Waals surface area contributed by atoms with Crippen LogP contribution in [0, 0.1) is 11.3 Å². The van der Waals surface area contributed by atoms with Crippen molar-refractivity contribution in [1.29, 1.82) is 5.26 Å². The molecule has 3 aliphatic rings. The maximum absolute atomic E-state index is 11.9. The van der Waals surface area contributed by atoms with Gasteiger partial charge in [-0.1, -0.05) is 47.5 Å². The number of nitriles is 1. The largest absolute Gasteiger partial charge is 0.444 e. The van der Waals surface area contributed by atoms with E-state index in [1.54, 1.807) is 20.8 Å². The summed E-state index contributed by atoms with van der Waals surface area (Å²) in [6.45, 7) is 16.1. The standard InChI is InChI=1S/C16H20ClN3O2.C8H13NO3.C7H8ClN.C5H10O/c1-15(2,3)22-14(21)20-10-16(9-18,11-20)19-8-12-4-6-13(17)7-5-12;1-8(2,3)12-7(11)9-4-6(10)5-9;8-7-3-1-6(5-9)2-4-7;1-5-3-2-4-6-5/h4-7,19H,8,10-11H2,1-3H3;4-5H2,1-3H3;1-4H,5,9H2;5H,2-4H2,1H3. The molecule has 0 radical (unpaired) electrons. The van der Waals surface area contributed by atoms with E-state index in [0.717, 1.165) is 22.8 Å². The number of nitrogens with one attached hydrogen (secondary N) is 1. The van der Waals surface area contributed by atoms with Crippen LogP contribution in [-0.2, 0) is 32.1 Å². The summed E-state index contributed by atoms with van der Waals surface area (Å²) >= 11 is 11.5. The Hall–Kier alpha value is -3.40. The fourth-order valence-corrected chi connectivity index (χ4v) is 4.60. The maximum atomic E-state index is 11.9. The predicted molar refractivity (Wildman–Crippen MR) is 191 cm³/mol. The first-order valence-electron chi connectivity index (χ1n) is 16.3. The number of ether oxygens (including phenoxy) is 3. The van der Waals surface area contributed by atoms with Crippen molar-refractivity contribution in [2.24, 2.45) is 5.73 Å². The van der Waals surface area contributed by atoms with Gasteiger partial charge < -0.3 is 24.8 Å². The molecular formula is C36H51Cl2N5O6. The summed E-state index contributed by atoms with van der Waals surface area (Å²) in [5, 5.41) is 14.0. The third kappa shape index (κ3) is 16.2. The predicted octanol–water partition coefficient (Wildman–Crippen LogP) is 6.73. The molecule has 49 heavy (non-hydrogen) atoms. The molecule has 1 unspecified atom stereocenters. The lowest BCUT2D eigenvalue weighted by Gasteiger charge is -2.45. The Morgan fingerprint density at radius 1 is 0.918 bits per heavy atom. The highest BCUT2D eigenvalue weighted by molar-refractivity contribution is 6.30. The highest BCUT2D eigenvalue weighted by Gasteiger charge is 2.46. The molecule has 270 valence electrons. The SMILES string of the molecule is CC(C)(C)OC(=O)N1CC(=O)C1.CC(C)(C)OC(=O)N1CC(C#N)(NCc2ccc(Cl)cc2)C1.CC1CCCO1.NCc1ccc(Cl)cc1. The Bertz CT molecular complexity index is 1380. The van der Waals surface area contributed by atoms with Crippen LogP contribution in [0.3, 0.4) is 0 Å². The van der Waals surface area contributed by atoms with Crippen molar-refractivity contribution in [3.05, 3.63) is 69.7 Å². The molecule has 5 rings (SSSR count). The summed E-state index contributed by atoms with van der Waals surface area (Å²) in [6, 6.07) is 17.2. The highest BCUT2D eigenvalue weighted by Crippen LogP contribution is 2.24. The molecule has 0 aliphatic carbocycles. The maximum Gasteiger partial charge on any atom is 0.411 e. The van der Waals surface area contributed by atoms with Gasteiger partial charge in [-0.2, -0.15) is 5.26 Å². The zero-order valence-electron chi connectivity index (χ0n) is 29.7. The number of rotatable bonds is 4. The first-order valence-corrected chi connectivity index (χ1v) is 17.0. The molecule has 3 saturated heterocycles. The van der Waals surface area contributed by atoms with Gasteiger partial charge in [0.1, 0.15) is 16.7 Å². The van der Waals surface area contributed by atoms with Crippen LogP contribution in [0.2, 0.25) is 10.0 Å². The lowest BCUT2D eigenvalue weighted by Crippen LogP contribution is -2.69. The van der Waals surface area contributed by atoms with E-state index in [1.807, 2.05) is 69.3 Å². The van der Waals surface area contributed by atoms with Crippen LogP contribution >= 0.6 is 23.2 Å². The molecular weight excluding hydrogens is 669 g/mol. The second-order valence-electron chi connectivity index (χ2n) is 14.0. The lowest BCUT2D eigenvalue weighted by molar-refractivity contribution is -0.128. The minimum atomic E-state index is -0.712. The van der Waals surface area contributed by atoms with Gasteiger partial charge in [0.25, 0.3) is 0 Å². The summed E-state index contributed by atoms with van der Waals surface area (Å²) in [7, 11) is 0. The van der Waals surface area contributed by atoms with Crippen LogP contribution in [0.1, 0.15) is 72.4 Å². The van der Waals surface area contributed by atoms with Gasteiger partial charge in [0, 0.05) is 29.7 Å². The number of benzene rings is 2. The van der Waals surface area contributed by atoms with Crippen molar-refractivity contribution in [3.8, 4) is 6.07 Å². The van der Waals surface area contributed by atoms with Crippen LogP contribution in [-0.4, -0.2) is 83.4 Å². The highest BCUT2D eigenvalue weighted by atomic mass is 35.5. The molecule has 2 aromatic rings. The smallest absolute Gasteiger partial charge is 0.411 e. The molecule has 11 nitrogen and oxygen atoms in total. The molecule has 2 amide bonds. The van der Waals surface area contributed by atoms with Crippen molar-refractivity contribution in [2.45, 2.75) is 97.2 Å². The Balaban J connectivity index is 0.000000257. The number of Topliss-reactive ketones (excluding diaryl/α,β-unsaturated/α-hetero) is 1. The monoisotopic (exact) mass is 719 g/mol. The number of halogens is 2. The van der Waals surface area contributed by atoms with E-state index in [9.17, 15) is 19.6 Å². The van der Waals surface area contributed by atoms with Crippen LogP contribution in [0.25, 0.3) is 0 Å². The van der Waals surface area contributed by atoms with Crippen LogP contribution < -0.4 is 11.1 Å². The van der Waals surface area contributed by atoms with Gasteiger partial charge >= 0.3 is 12.2 Å². The summed E-state index contributed by atoms with van der Waals surface area (Å²) in [5.41, 5.74) is 5.79. The van der Waals surface area contributed by atoms with Crippen LogP contribution in [0.4, 0.5) is 9.59 Å². The Kier molecular flexibility index (Phi) is 16.3. The fourth-order valence-electron chi connectivity index (χ4n) is 4.35. The van der Waals surface area contributed by atoms with Gasteiger partial charge in [-0.15, -0.1) is 0 Å². The number of hydrogen-bond donors (Lipinski definition) is 2. The first-order chi connectivity index (χ1) is 22.8. The summed E-state index contributed by atoms with van der Waals surface area (Å²) in [4.78, 5) is 36.5. The number of likely N-dealkylation sites (tertiary alicyclic amines) is 2. The molecule has 13 heteroatoms. The third-order valence-electron chi connectivity index (χ3n) is 7.02. The average Bonchev–Trinajstić information content (AvgIpc) is 3.46. The number of nitrogens with two attached hydrogens (primary N) is 1. The van der Waals surface area contributed by atoms with Gasteiger partial charge in [-0.3, -0.25) is 15.0 Å². The van der Waals surface area contributed by atoms with Crippen LogP contribution in [0.15, 0.2) is 48.5 Å². The van der Waals surface area contributed by atoms with E-state index in [-0.39, 0.29) is 25.0 Å². The Morgan fingerprint density at radius 2 is 1.39 bits per heavy atom. The van der Waals surface area contributed by atoms with Gasteiger partial charge in [0.15, 0.2) is 5.78 Å². The second-order valence-corrected chi connectivity index (χ2v) is 14.9. The van der Waals surface area contributed by atoms with Gasteiger partial charge in [0.2, 0.25) is 0 Å². The molecule has 0 spiro atoms. The van der Waals surface area contributed by atoms with Crippen LogP contribution in [0.5, 0.6) is 0 Å². The number of nitrogens with zero attached hydrogens (tertiary/aromatic N) is 3. The second kappa shape index (κ2) is 19.1.